The smallest absolute Gasteiger partial charge is 0.342 e. The number of aromatic nitrogens is 1. The van der Waals surface area contributed by atoms with E-state index >= 15 is 0 Å². The van der Waals surface area contributed by atoms with E-state index in [9.17, 15) is 22.4 Å². The molecule has 20 heavy (non-hydrogen) atoms. The third-order valence-corrected chi connectivity index (χ3v) is 2.60. The van der Waals surface area contributed by atoms with Crippen molar-refractivity contribution in [2.75, 3.05) is 5.32 Å². The molecule has 0 spiro atoms. The summed E-state index contributed by atoms with van der Waals surface area (Å²) < 4.78 is 50.5. The second-order valence-electron chi connectivity index (χ2n) is 4.43. The van der Waals surface area contributed by atoms with Crippen molar-refractivity contribution < 1.29 is 22.4 Å². The van der Waals surface area contributed by atoms with Crippen molar-refractivity contribution in [1.82, 2.24) is 4.98 Å². The minimum absolute atomic E-state index is 0.168. The van der Waals surface area contributed by atoms with Crippen LogP contribution < -0.4 is 5.32 Å². The molecule has 1 rings (SSSR count). The topological polar surface area (TPSA) is 42.0 Å². The van der Waals surface area contributed by atoms with Crippen LogP contribution >= 0.6 is 0 Å². The molecule has 0 amide bonds. The molecular formula is C13H14F4N2O. The van der Waals surface area contributed by atoms with Gasteiger partial charge in [0.2, 0.25) is 0 Å². The normalized spacial score (nSPS) is 12.8. The Morgan fingerprint density at radius 1 is 1.55 bits per heavy atom. The lowest BCUT2D eigenvalue weighted by molar-refractivity contribution is -0.138. The quantitative estimate of drug-likeness (QED) is 0.640. The van der Waals surface area contributed by atoms with Crippen LogP contribution in [0, 0.1) is 11.7 Å². The second kappa shape index (κ2) is 6.49. The van der Waals surface area contributed by atoms with E-state index in [1.807, 2.05) is 0 Å². The highest BCUT2D eigenvalue weighted by Crippen LogP contribution is 2.30. The predicted octanol–water partition coefficient (Wildman–Crippen LogP) is 3.78. The maximum atomic E-state index is 13.5. The van der Waals surface area contributed by atoms with Crippen LogP contribution in [0.3, 0.4) is 0 Å². The SMILES string of the molecule is C=C(CCC(C)C=O)Nc1ncc(C(F)(F)F)cc1F. The summed E-state index contributed by atoms with van der Waals surface area (Å²) in [6.45, 7) is 5.33. The summed E-state index contributed by atoms with van der Waals surface area (Å²) in [6, 6.07) is 0.372. The zero-order valence-electron chi connectivity index (χ0n) is 10.8. The minimum atomic E-state index is -4.64. The number of anilines is 1. The first-order valence-corrected chi connectivity index (χ1v) is 5.87. The van der Waals surface area contributed by atoms with Gasteiger partial charge in [0.15, 0.2) is 11.6 Å². The molecule has 0 bridgehead atoms. The van der Waals surface area contributed by atoms with Gasteiger partial charge in [0.05, 0.1) is 5.56 Å². The van der Waals surface area contributed by atoms with E-state index in [0.717, 1.165) is 6.29 Å². The van der Waals surface area contributed by atoms with Gasteiger partial charge in [-0.05, 0) is 18.9 Å². The summed E-state index contributed by atoms with van der Waals surface area (Å²) in [5.74, 6) is -1.59. The maximum absolute atomic E-state index is 13.5. The summed E-state index contributed by atoms with van der Waals surface area (Å²) in [5.41, 5.74) is -0.773. The fourth-order valence-corrected chi connectivity index (χ4v) is 1.38. The largest absolute Gasteiger partial charge is 0.417 e. The van der Waals surface area contributed by atoms with Crippen molar-refractivity contribution in [2.45, 2.75) is 25.9 Å². The zero-order chi connectivity index (χ0) is 15.3. The van der Waals surface area contributed by atoms with Crippen molar-refractivity contribution in [3.8, 4) is 0 Å². The highest BCUT2D eigenvalue weighted by Gasteiger charge is 2.31. The molecule has 0 aliphatic rings. The van der Waals surface area contributed by atoms with Crippen LogP contribution in [0.2, 0.25) is 0 Å². The summed E-state index contributed by atoms with van der Waals surface area (Å²) in [7, 11) is 0. The van der Waals surface area contributed by atoms with E-state index in [0.29, 0.717) is 30.8 Å². The average Bonchev–Trinajstić information content (AvgIpc) is 2.37. The number of nitrogens with one attached hydrogen (secondary N) is 1. The number of halogens is 4. The lowest BCUT2D eigenvalue weighted by atomic mass is 10.1. The Balaban J connectivity index is 2.69. The van der Waals surface area contributed by atoms with Crippen molar-refractivity contribution in [2.24, 2.45) is 5.92 Å². The molecule has 1 aromatic heterocycles. The van der Waals surface area contributed by atoms with E-state index in [1.54, 1.807) is 6.92 Å². The predicted molar refractivity (Wildman–Crippen MR) is 66.4 cm³/mol. The molecule has 1 N–H and O–H groups in total. The zero-order valence-corrected chi connectivity index (χ0v) is 10.8. The molecule has 0 fully saturated rings. The highest BCUT2D eigenvalue weighted by atomic mass is 19.4. The van der Waals surface area contributed by atoms with Gasteiger partial charge in [-0.2, -0.15) is 13.2 Å². The number of alkyl halides is 3. The average molecular weight is 290 g/mol. The number of hydrogen-bond acceptors (Lipinski definition) is 3. The number of hydrogen-bond donors (Lipinski definition) is 1. The van der Waals surface area contributed by atoms with Crippen LogP contribution in [0.4, 0.5) is 23.4 Å². The Kier molecular flexibility index (Phi) is 5.24. The highest BCUT2D eigenvalue weighted by molar-refractivity contribution is 5.52. The van der Waals surface area contributed by atoms with Crippen LogP contribution in [0.1, 0.15) is 25.3 Å². The van der Waals surface area contributed by atoms with Crippen LogP contribution in [0.5, 0.6) is 0 Å². The Labute approximate surface area is 113 Å². The van der Waals surface area contributed by atoms with Crippen LogP contribution in [-0.2, 0) is 11.0 Å². The Hall–Kier alpha value is -1.92. The van der Waals surface area contributed by atoms with Crippen molar-refractivity contribution in [3.05, 3.63) is 35.9 Å². The molecule has 0 saturated carbocycles. The summed E-state index contributed by atoms with van der Waals surface area (Å²) in [6.07, 6.45) is -2.40. The number of pyridine rings is 1. The molecule has 1 aromatic rings. The third-order valence-electron chi connectivity index (χ3n) is 2.60. The molecule has 110 valence electrons. The molecule has 1 heterocycles. The fraction of sp³-hybridized carbons (Fsp3) is 0.385. The first kappa shape index (κ1) is 16.1. The lowest BCUT2D eigenvalue weighted by Gasteiger charge is -2.12. The molecular weight excluding hydrogens is 276 g/mol. The molecule has 0 aliphatic heterocycles. The first-order chi connectivity index (χ1) is 9.24. The van der Waals surface area contributed by atoms with Crippen molar-refractivity contribution in [1.29, 1.82) is 0 Å². The Morgan fingerprint density at radius 3 is 2.70 bits per heavy atom. The van der Waals surface area contributed by atoms with Gasteiger partial charge in [0, 0.05) is 17.8 Å². The molecule has 1 unspecified atom stereocenters. The van der Waals surface area contributed by atoms with Gasteiger partial charge in [-0.1, -0.05) is 13.5 Å². The van der Waals surface area contributed by atoms with Gasteiger partial charge in [-0.25, -0.2) is 9.37 Å². The Bertz CT molecular complexity index is 500. The van der Waals surface area contributed by atoms with Crippen LogP contribution in [0.25, 0.3) is 0 Å². The number of carbonyl (C=O) groups is 1. The molecule has 0 aromatic carbocycles. The summed E-state index contributed by atoms with van der Waals surface area (Å²) in [4.78, 5) is 13.8. The number of nitrogens with zero attached hydrogens (tertiary/aromatic N) is 1. The lowest BCUT2D eigenvalue weighted by Crippen LogP contribution is -2.09. The van der Waals surface area contributed by atoms with Gasteiger partial charge < -0.3 is 10.1 Å². The second-order valence-corrected chi connectivity index (χ2v) is 4.43. The number of allylic oxidation sites excluding steroid dienone is 1. The summed E-state index contributed by atoms with van der Waals surface area (Å²) in [5, 5.41) is 2.50. The van der Waals surface area contributed by atoms with Gasteiger partial charge in [-0.15, -0.1) is 0 Å². The number of aldehydes is 1. The standard InChI is InChI=1S/C13H14F4N2O/c1-8(7-20)3-4-9(2)19-12-11(14)5-10(6-18-12)13(15,16)17/h5-8H,2-4H2,1H3,(H,18,19). The van der Waals surface area contributed by atoms with Crippen molar-refractivity contribution in [3.63, 3.8) is 0 Å². The molecule has 3 nitrogen and oxygen atoms in total. The molecule has 0 radical (unpaired) electrons. The van der Waals surface area contributed by atoms with Gasteiger partial charge in [0.25, 0.3) is 0 Å². The van der Waals surface area contributed by atoms with Crippen molar-refractivity contribution >= 4 is 12.1 Å². The van der Waals surface area contributed by atoms with E-state index in [4.69, 9.17) is 0 Å². The summed E-state index contributed by atoms with van der Waals surface area (Å²) >= 11 is 0. The molecule has 0 aliphatic carbocycles. The molecule has 0 saturated heterocycles. The van der Waals surface area contributed by atoms with Crippen LogP contribution in [0.15, 0.2) is 24.5 Å². The van der Waals surface area contributed by atoms with Crippen LogP contribution in [-0.4, -0.2) is 11.3 Å². The molecule has 1 atom stereocenters. The third kappa shape index (κ3) is 4.64. The monoisotopic (exact) mass is 290 g/mol. The van der Waals surface area contributed by atoms with E-state index < -0.39 is 17.6 Å². The minimum Gasteiger partial charge on any atom is -0.342 e. The number of rotatable bonds is 6. The number of carbonyl (C=O) groups excluding carboxylic acids is 1. The van der Waals surface area contributed by atoms with Gasteiger partial charge in [-0.3, -0.25) is 0 Å². The van der Waals surface area contributed by atoms with Gasteiger partial charge >= 0.3 is 6.18 Å². The maximum Gasteiger partial charge on any atom is 0.417 e. The van der Waals surface area contributed by atoms with E-state index in [-0.39, 0.29) is 11.7 Å². The fourth-order valence-electron chi connectivity index (χ4n) is 1.38. The van der Waals surface area contributed by atoms with E-state index in [2.05, 4.69) is 16.9 Å². The first-order valence-electron chi connectivity index (χ1n) is 5.87. The van der Waals surface area contributed by atoms with E-state index in [1.165, 1.54) is 0 Å². The Morgan fingerprint density at radius 2 is 2.20 bits per heavy atom. The van der Waals surface area contributed by atoms with Gasteiger partial charge in [0.1, 0.15) is 6.29 Å². The molecule has 7 heteroatoms.